The molecule has 0 spiro atoms. The van der Waals surface area contributed by atoms with Crippen molar-refractivity contribution in [1.82, 2.24) is 5.32 Å². The van der Waals surface area contributed by atoms with Gasteiger partial charge in [0, 0.05) is 13.7 Å². The summed E-state index contributed by atoms with van der Waals surface area (Å²) < 4.78 is 23.8. The van der Waals surface area contributed by atoms with Gasteiger partial charge in [0.2, 0.25) is 0 Å². The molecule has 2 N–H and O–H groups in total. The van der Waals surface area contributed by atoms with Crippen LogP contribution in [0.1, 0.15) is 25.5 Å². The Hall–Kier alpha value is -1.66. The number of hydrogen-bond acceptors (Lipinski definition) is 4. The lowest BCUT2D eigenvalue weighted by molar-refractivity contribution is -0.127. The fraction of sp³-hybridized carbons (Fsp3) is 0.500. The van der Waals surface area contributed by atoms with Crippen molar-refractivity contribution in [2.45, 2.75) is 26.1 Å². The van der Waals surface area contributed by atoms with Crippen LogP contribution < -0.4 is 10.1 Å². The van der Waals surface area contributed by atoms with Crippen LogP contribution in [-0.2, 0) is 9.53 Å². The van der Waals surface area contributed by atoms with Crippen molar-refractivity contribution < 1.29 is 23.8 Å². The minimum atomic E-state index is -0.821. The lowest BCUT2D eigenvalue weighted by atomic mass is 10.1. The predicted octanol–water partition coefficient (Wildman–Crippen LogP) is 1.41. The summed E-state index contributed by atoms with van der Waals surface area (Å²) in [6, 6.07) is 4.14. The van der Waals surface area contributed by atoms with E-state index in [4.69, 9.17) is 9.47 Å². The van der Waals surface area contributed by atoms with E-state index in [1.807, 2.05) is 0 Å². The molecule has 0 saturated carbocycles. The zero-order valence-corrected chi connectivity index (χ0v) is 11.9. The van der Waals surface area contributed by atoms with Crippen molar-refractivity contribution in [3.05, 3.63) is 29.6 Å². The first-order valence-corrected chi connectivity index (χ1v) is 6.36. The van der Waals surface area contributed by atoms with E-state index in [9.17, 15) is 14.3 Å². The van der Waals surface area contributed by atoms with Gasteiger partial charge in [-0.1, -0.05) is 6.07 Å². The van der Waals surface area contributed by atoms with E-state index < -0.39 is 18.0 Å². The number of ether oxygens (including phenoxy) is 2. The number of methoxy groups -OCH3 is 1. The Morgan fingerprint density at radius 1 is 1.45 bits per heavy atom. The van der Waals surface area contributed by atoms with Gasteiger partial charge < -0.3 is 19.9 Å². The van der Waals surface area contributed by atoms with Crippen LogP contribution in [0.5, 0.6) is 5.75 Å². The SMILES string of the molecule is COCCNC(=O)C(C)Oc1ccc([C@H](C)O)cc1F. The first kappa shape index (κ1) is 16.4. The van der Waals surface area contributed by atoms with Crippen LogP contribution in [0.25, 0.3) is 0 Å². The molecule has 112 valence electrons. The normalized spacial score (nSPS) is 13.7. The molecule has 0 aromatic heterocycles. The van der Waals surface area contributed by atoms with E-state index >= 15 is 0 Å². The zero-order chi connectivity index (χ0) is 15.1. The van der Waals surface area contributed by atoms with Crippen molar-refractivity contribution in [3.8, 4) is 5.75 Å². The smallest absolute Gasteiger partial charge is 0.260 e. The molecule has 0 aliphatic heterocycles. The van der Waals surface area contributed by atoms with Crippen LogP contribution in [0.3, 0.4) is 0 Å². The van der Waals surface area contributed by atoms with Crippen LogP contribution in [0.2, 0.25) is 0 Å². The second-order valence-corrected chi connectivity index (χ2v) is 4.41. The third-order valence-corrected chi connectivity index (χ3v) is 2.72. The molecule has 0 heterocycles. The molecular formula is C14H20FNO4. The number of nitrogens with one attached hydrogen (secondary N) is 1. The average molecular weight is 285 g/mol. The fourth-order valence-corrected chi connectivity index (χ4v) is 1.54. The molecule has 0 aliphatic carbocycles. The van der Waals surface area contributed by atoms with Gasteiger partial charge in [-0.15, -0.1) is 0 Å². The minimum Gasteiger partial charge on any atom is -0.478 e. The number of benzene rings is 1. The first-order chi connectivity index (χ1) is 9.45. The molecule has 1 amide bonds. The van der Waals surface area contributed by atoms with Gasteiger partial charge in [0.1, 0.15) is 0 Å². The third-order valence-electron chi connectivity index (χ3n) is 2.72. The molecule has 0 bridgehead atoms. The largest absolute Gasteiger partial charge is 0.478 e. The highest BCUT2D eigenvalue weighted by atomic mass is 19.1. The predicted molar refractivity (Wildman–Crippen MR) is 72.0 cm³/mol. The summed E-state index contributed by atoms with van der Waals surface area (Å²) in [5.41, 5.74) is 0.451. The summed E-state index contributed by atoms with van der Waals surface area (Å²) in [5, 5.41) is 11.9. The van der Waals surface area contributed by atoms with Gasteiger partial charge in [0.25, 0.3) is 5.91 Å². The Balaban J connectivity index is 2.61. The van der Waals surface area contributed by atoms with Gasteiger partial charge in [0.15, 0.2) is 17.7 Å². The van der Waals surface area contributed by atoms with Gasteiger partial charge in [-0.2, -0.15) is 0 Å². The van der Waals surface area contributed by atoms with E-state index in [-0.39, 0.29) is 11.7 Å². The van der Waals surface area contributed by atoms with Gasteiger partial charge in [-0.05, 0) is 31.5 Å². The van der Waals surface area contributed by atoms with Gasteiger partial charge >= 0.3 is 0 Å². The summed E-state index contributed by atoms with van der Waals surface area (Å²) in [6.07, 6.45) is -1.58. The van der Waals surface area contributed by atoms with Crippen LogP contribution in [0, 0.1) is 5.82 Å². The maximum atomic E-state index is 13.8. The number of rotatable bonds is 7. The number of amides is 1. The highest BCUT2D eigenvalue weighted by Crippen LogP contribution is 2.22. The molecule has 1 rings (SSSR count). The monoisotopic (exact) mass is 285 g/mol. The number of carbonyl (C=O) groups is 1. The molecule has 6 heteroatoms. The molecular weight excluding hydrogens is 265 g/mol. The van der Waals surface area contributed by atoms with Gasteiger partial charge in [-0.25, -0.2) is 4.39 Å². The Labute approximate surface area is 117 Å². The van der Waals surface area contributed by atoms with Crippen LogP contribution in [-0.4, -0.2) is 37.4 Å². The van der Waals surface area contributed by atoms with Crippen molar-refractivity contribution in [1.29, 1.82) is 0 Å². The second kappa shape index (κ2) is 7.81. The first-order valence-electron chi connectivity index (χ1n) is 6.36. The van der Waals surface area contributed by atoms with E-state index in [2.05, 4.69) is 5.32 Å². The highest BCUT2D eigenvalue weighted by molar-refractivity contribution is 5.80. The lowest BCUT2D eigenvalue weighted by Crippen LogP contribution is -2.38. The summed E-state index contributed by atoms with van der Waals surface area (Å²) >= 11 is 0. The van der Waals surface area contributed by atoms with E-state index in [0.29, 0.717) is 18.7 Å². The highest BCUT2D eigenvalue weighted by Gasteiger charge is 2.16. The topological polar surface area (TPSA) is 67.8 Å². The standard InChI is InChI=1S/C14H20FNO4/c1-9(17)11-4-5-13(12(15)8-11)20-10(2)14(18)16-6-7-19-3/h4-5,8-10,17H,6-7H2,1-3H3,(H,16,18)/t9-,10?/m0/s1. The maximum Gasteiger partial charge on any atom is 0.260 e. The Bertz CT molecular complexity index is 451. The molecule has 1 aromatic carbocycles. The quantitative estimate of drug-likeness (QED) is 0.743. The number of aliphatic hydroxyl groups is 1. The third kappa shape index (κ3) is 4.79. The maximum absolute atomic E-state index is 13.8. The van der Waals surface area contributed by atoms with Crippen molar-refractivity contribution >= 4 is 5.91 Å². The molecule has 0 aliphatic rings. The molecule has 0 saturated heterocycles. The Kier molecular flexibility index (Phi) is 6.41. The molecule has 1 unspecified atom stereocenters. The van der Waals surface area contributed by atoms with Gasteiger partial charge in [-0.3, -0.25) is 4.79 Å². The average Bonchev–Trinajstić information content (AvgIpc) is 2.40. The van der Waals surface area contributed by atoms with Crippen molar-refractivity contribution in [2.24, 2.45) is 0 Å². The van der Waals surface area contributed by atoms with E-state index in [1.54, 1.807) is 13.0 Å². The number of aliphatic hydroxyl groups excluding tert-OH is 1. The summed E-state index contributed by atoms with van der Waals surface area (Å²) in [5.74, 6) is -0.982. The van der Waals surface area contributed by atoms with Crippen LogP contribution in [0.4, 0.5) is 4.39 Å². The molecule has 0 fully saturated rings. The molecule has 20 heavy (non-hydrogen) atoms. The summed E-state index contributed by atoms with van der Waals surface area (Å²) in [7, 11) is 1.53. The Morgan fingerprint density at radius 2 is 2.15 bits per heavy atom. The van der Waals surface area contributed by atoms with Crippen LogP contribution >= 0.6 is 0 Å². The van der Waals surface area contributed by atoms with Gasteiger partial charge in [0.05, 0.1) is 12.7 Å². The lowest BCUT2D eigenvalue weighted by Gasteiger charge is -2.16. The Morgan fingerprint density at radius 3 is 2.70 bits per heavy atom. The van der Waals surface area contributed by atoms with Crippen molar-refractivity contribution in [2.75, 3.05) is 20.3 Å². The van der Waals surface area contributed by atoms with Crippen LogP contribution in [0.15, 0.2) is 18.2 Å². The van der Waals surface area contributed by atoms with Crippen molar-refractivity contribution in [3.63, 3.8) is 0 Å². The van der Waals surface area contributed by atoms with E-state index in [1.165, 1.54) is 26.2 Å². The molecule has 5 nitrogen and oxygen atoms in total. The number of carbonyl (C=O) groups excluding carboxylic acids is 1. The summed E-state index contributed by atoms with van der Waals surface area (Å²) in [4.78, 5) is 11.7. The number of hydrogen-bond donors (Lipinski definition) is 2. The minimum absolute atomic E-state index is 0.0243. The summed E-state index contributed by atoms with van der Waals surface area (Å²) in [6.45, 7) is 3.84. The second-order valence-electron chi connectivity index (χ2n) is 4.41. The number of halogens is 1. The van der Waals surface area contributed by atoms with E-state index in [0.717, 1.165) is 0 Å². The zero-order valence-electron chi connectivity index (χ0n) is 11.9. The fourth-order valence-electron chi connectivity index (χ4n) is 1.54. The molecule has 2 atom stereocenters. The molecule has 0 radical (unpaired) electrons. The molecule has 1 aromatic rings.